The van der Waals surface area contributed by atoms with Gasteiger partial charge in [0, 0.05) is 13.1 Å². The lowest BCUT2D eigenvalue weighted by atomic mass is 9.97. The number of carbonyl (C=O) groups excluding carboxylic acids is 1. The highest BCUT2D eigenvalue weighted by molar-refractivity contribution is 7.92. The predicted molar refractivity (Wildman–Crippen MR) is 74.7 cm³/mol. The number of alkyl halides is 3. The molecule has 0 aromatic heterocycles. The molecule has 1 saturated heterocycles. The van der Waals surface area contributed by atoms with Crippen molar-refractivity contribution in [3.63, 3.8) is 0 Å². The lowest BCUT2D eigenvalue weighted by Crippen LogP contribution is -2.47. The molecule has 1 amide bonds. The molecule has 0 aliphatic carbocycles. The van der Waals surface area contributed by atoms with Gasteiger partial charge in [0.05, 0.1) is 10.1 Å². The highest BCUT2D eigenvalue weighted by Crippen LogP contribution is 2.27. The van der Waals surface area contributed by atoms with Crippen LogP contribution < -0.4 is 5.46 Å². The Balaban J connectivity index is 2.08. The number of nitrogens with zero attached hydrogens (tertiary/aromatic N) is 1. The first kappa shape index (κ1) is 16.9. The maximum atomic E-state index is 12.4. The molecule has 4 nitrogen and oxygen atoms in total. The molecule has 0 unspecified atom stereocenters. The Bertz CT molecular complexity index is 650. The fraction of sp³-hybridized carbons (Fsp3) is 0.462. The minimum atomic E-state index is -4.93. The summed E-state index contributed by atoms with van der Waals surface area (Å²) < 4.78 is 61.8. The van der Waals surface area contributed by atoms with Gasteiger partial charge in [0.2, 0.25) is 0 Å². The molecule has 9 heteroatoms. The third kappa shape index (κ3) is 3.45. The zero-order chi connectivity index (χ0) is 16.5. The Kier molecular flexibility index (Phi) is 4.55. The topological polar surface area (TPSA) is 54.5 Å². The summed E-state index contributed by atoms with van der Waals surface area (Å²) in [7, 11) is 1.86. The average molecular weight is 331 g/mol. The van der Waals surface area contributed by atoms with Crippen LogP contribution in [0.15, 0.2) is 29.2 Å². The summed E-state index contributed by atoms with van der Waals surface area (Å²) in [4.78, 5) is 11.9. The number of benzene rings is 1. The normalized spacial score (nSPS) is 17.5. The number of hydrogen-bond acceptors (Lipinski definition) is 3. The van der Waals surface area contributed by atoms with Gasteiger partial charge in [0.15, 0.2) is 9.84 Å². The van der Waals surface area contributed by atoms with Crippen LogP contribution in [0.4, 0.5) is 13.2 Å². The van der Waals surface area contributed by atoms with Crippen molar-refractivity contribution in [1.29, 1.82) is 0 Å². The Morgan fingerprint density at radius 3 is 2.09 bits per heavy atom. The largest absolute Gasteiger partial charge is 0.471 e. The van der Waals surface area contributed by atoms with E-state index in [9.17, 15) is 26.4 Å². The van der Waals surface area contributed by atoms with E-state index in [1.807, 2.05) is 0 Å². The van der Waals surface area contributed by atoms with Gasteiger partial charge in [-0.15, -0.1) is 0 Å². The van der Waals surface area contributed by atoms with Crippen molar-refractivity contribution in [2.75, 3.05) is 13.1 Å². The van der Waals surface area contributed by atoms with Gasteiger partial charge in [-0.3, -0.25) is 4.79 Å². The summed E-state index contributed by atoms with van der Waals surface area (Å²) in [5, 5.41) is -0.798. The molecule has 0 atom stereocenters. The molecule has 0 saturated carbocycles. The molecule has 1 heterocycles. The Hall–Kier alpha value is -1.51. The van der Waals surface area contributed by atoms with Gasteiger partial charge < -0.3 is 4.90 Å². The number of sulfone groups is 1. The number of halogens is 3. The van der Waals surface area contributed by atoms with Gasteiger partial charge >= 0.3 is 12.1 Å². The molecular weight excluding hydrogens is 318 g/mol. The minimum absolute atomic E-state index is 0.0193. The third-order valence-corrected chi connectivity index (χ3v) is 5.90. The summed E-state index contributed by atoms with van der Waals surface area (Å²) in [5.41, 5.74) is 0.421. The summed E-state index contributed by atoms with van der Waals surface area (Å²) in [5.74, 6) is -1.92. The zero-order valence-corrected chi connectivity index (χ0v) is 12.3. The quantitative estimate of drug-likeness (QED) is 0.754. The van der Waals surface area contributed by atoms with Crippen LogP contribution in [0.5, 0.6) is 0 Å². The van der Waals surface area contributed by atoms with Crippen LogP contribution in [-0.2, 0) is 14.6 Å². The first-order chi connectivity index (χ1) is 10.1. The molecule has 1 aromatic rings. The van der Waals surface area contributed by atoms with E-state index in [0.717, 1.165) is 0 Å². The molecule has 118 valence electrons. The van der Waals surface area contributed by atoms with Crippen molar-refractivity contribution < 1.29 is 26.4 Å². The van der Waals surface area contributed by atoms with Crippen molar-refractivity contribution in [3.05, 3.63) is 24.3 Å². The van der Waals surface area contributed by atoms with Crippen molar-refractivity contribution in [1.82, 2.24) is 4.90 Å². The van der Waals surface area contributed by atoms with Crippen molar-refractivity contribution in [3.8, 4) is 0 Å². The van der Waals surface area contributed by atoms with Crippen molar-refractivity contribution in [2.45, 2.75) is 29.2 Å². The minimum Gasteiger partial charge on any atom is -0.335 e. The second kappa shape index (κ2) is 5.94. The van der Waals surface area contributed by atoms with Gasteiger partial charge in [-0.1, -0.05) is 17.6 Å². The molecule has 22 heavy (non-hydrogen) atoms. The Labute approximate surface area is 127 Å². The van der Waals surface area contributed by atoms with Crippen LogP contribution in [0.1, 0.15) is 12.8 Å². The van der Waals surface area contributed by atoms with Crippen LogP contribution in [0.3, 0.4) is 0 Å². The molecule has 0 bridgehead atoms. The summed E-state index contributed by atoms with van der Waals surface area (Å²) in [6.45, 7) is -0.450. The SMILES string of the molecule is [B]c1ccc(S(=O)(=O)C2CCN(C(=O)C(F)(F)F)CC2)cc1. The average Bonchev–Trinajstić information content (AvgIpc) is 2.46. The number of piperidine rings is 1. The maximum absolute atomic E-state index is 12.4. The number of carbonyl (C=O) groups is 1. The molecule has 1 aliphatic heterocycles. The lowest BCUT2D eigenvalue weighted by Gasteiger charge is -2.32. The highest BCUT2D eigenvalue weighted by Gasteiger charge is 2.44. The van der Waals surface area contributed by atoms with E-state index >= 15 is 0 Å². The van der Waals surface area contributed by atoms with Crippen LogP contribution >= 0.6 is 0 Å². The van der Waals surface area contributed by atoms with E-state index in [2.05, 4.69) is 0 Å². The fourth-order valence-electron chi connectivity index (χ4n) is 2.40. The maximum Gasteiger partial charge on any atom is 0.471 e. The number of rotatable bonds is 2. The molecule has 1 aliphatic rings. The van der Waals surface area contributed by atoms with Gasteiger partial charge in [-0.25, -0.2) is 8.42 Å². The first-order valence-corrected chi connectivity index (χ1v) is 8.12. The van der Waals surface area contributed by atoms with E-state index < -0.39 is 27.2 Å². The summed E-state index contributed by atoms with van der Waals surface area (Å²) in [6, 6.07) is 5.65. The highest BCUT2D eigenvalue weighted by atomic mass is 32.2. The molecule has 0 N–H and O–H groups in total. The number of likely N-dealkylation sites (tertiary alicyclic amines) is 1. The summed E-state index contributed by atoms with van der Waals surface area (Å²) in [6.07, 6.45) is -4.97. The molecule has 2 rings (SSSR count). The van der Waals surface area contributed by atoms with E-state index in [-0.39, 0.29) is 30.8 Å². The second-order valence-corrected chi connectivity index (χ2v) is 7.33. The van der Waals surface area contributed by atoms with Crippen LogP contribution in [0.2, 0.25) is 0 Å². The zero-order valence-electron chi connectivity index (χ0n) is 11.5. The fourth-order valence-corrected chi connectivity index (χ4v) is 4.13. The first-order valence-electron chi connectivity index (χ1n) is 6.58. The van der Waals surface area contributed by atoms with E-state index in [1.54, 1.807) is 0 Å². The molecule has 1 fully saturated rings. The second-order valence-electron chi connectivity index (χ2n) is 5.10. The molecule has 2 radical (unpaired) electrons. The van der Waals surface area contributed by atoms with Gasteiger partial charge in [-0.2, -0.15) is 13.2 Å². The molecule has 0 spiro atoms. The Morgan fingerprint density at radius 2 is 1.64 bits per heavy atom. The van der Waals surface area contributed by atoms with Gasteiger partial charge in [0.25, 0.3) is 0 Å². The number of amides is 1. The smallest absolute Gasteiger partial charge is 0.335 e. The molecular formula is C13H13BF3NO3S. The third-order valence-electron chi connectivity index (χ3n) is 3.62. The predicted octanol–water partition coefficient (Wildman–Crippen LogP) is 0.807. The van der Waals surface area contributed by atoms with Crippen molar-refractivity contribution in [2.24, 2.45) is 0 Å². The van der Waals surface area contributed by atoms with Crippen molar-refractivity contribution >= 4 is 29.1 Å². The Morgan fingerprint density at radius 1 is 1.14 bits per heavy atom. The summed E-state index contributed by atoms with van der Waals surface area (Å²) >= 11 is 0. The van der Waals surface area contributed by atoms with E-state index in [1.165, 1.54) is 24.3 Å². The van der Waals surface area contributed by atoms with Crippen LogP contribution in [0, 0.1) is 0 Å². The van der Waals surface area contributed by atoms with Crippen LogP contribution in [0.25, 0.3) is 0 Å². The van der Waals surface area contributed by atoms with E-state index in [0.29, 0.717) is 10.4 Å². The molecule has 1 aromatic carbocycles. The lowest BCUT2D eigenvalue weighted by molar-refractivity contribution is -0.186. The van der Waals surface area contributed by atoms with Gasteiger partial charge in [-0.05, 0) is 25.0 Å². The van der Waals surface area contributed by atoms with Gasteiger partial charge in [0.1, 0.15) is 7.85 Å². The number of hydrogen-bond donors (Lipinski definition) is 0. The van der Waals surface area contributed by atoms with E-state index in [4.69, 9.17) is 7.85 Å². The van der Waals surface area contributed by atoms with Crippen LogP contribution in [-0.4, -0.2) is 51.6 Å². The monoisotopic (exact) mass is 331 g/mol. The standard InChI is InChI=1S/C13H13BF3NO3S/c14-9-1-3-10(4-2-9)22(20,21)11-5-7-18(8-6-11)12(19)13(15,16)17/h1-4,11H,5-8H2.